The van der Waals surface area contributed by atoms with Crippen molar-refractivity contribution < 1.29 is 14.8 Å². The van der Waals surface area contributed by atoms with Crippen molar-refractivity contribution in [1.82, 2.24) is 0 Å². The third-order valence-corrected chi connectivity index (χ3v) is 3.90. The fourth-order valence-corrected chi connectivity index (χ4v) is 3.58. The molecule has 0 heterocycles. The van der Waals surface area contributed by atoms with E-state index in [1.807, 2.05) is 0 Å². The second-order valence-electron chi connectivity index (χ2n) is 3.36. The smallest absolute Gasteiger partial charge is 0.0898 e. The molecule has 0 bridgehead atoms. The van der Waals surface area contributed by atoms with Gasteiger partial charge in [-0.25, -0.2) is 0 Å². The van der Waals surface area contributed by atoms with E-state index in [1.54, 1.807) is 20.5 Å². The molecule has 0 saturated heterocycles. The molecule has 0 spiro atoms. The highest BCUT2D eigenvalue weighted by molar-refractivity contribution is 7.63. The van der Waals surface area contributed by atoms with E-state index in [4.69, 9.17) is 10.2 Å². The lowest BCUT2D eigenvalue weighted by Crippen LogP contribution is -2.14. The number of hydrogen-bond donors (Lipinski definition) is 2. The summed E-state index contributed by atoms with van der Waals surface area (Å²) in [5, 5.41) is 17.9. The molecule has 2 atom stereocenters. The molecule has 0 aliphatic rings. The van der Waals surface area contributed by atoms with Gasteiger partial charge >= 0.3 is 0 Å². The highest BCUT2D eigenvalue weighted by Gasteiger charge is 2.19. The van der Waals surface area contributed by atoms with Crippen molar-refractivity contribution in [3.05, 3.63) is 0 Å². The SMILES string of the molecule is CC(O)CP(C)(=O)CC(C)O. The molecule has 0 fully saturated rings. The summed E-state index contributed by atoms with van der Waals surface area (Å²) in [5.41, 5.74) is 0. The highest BCUT2D eigenvalue weighted by atomic mass is 31.2. The summed E-state index contributed by atoms with van der Waals surface area (Å²) in [4.78, 5) is 0. The largest absolute Gasteiger partial charge is 0.393 e. The third kappa shape index (κ3) is 6.54. The lowest BCUT2D eigenvalue weighted by Gasteiger charge is -2.15. The number of rotatable bonds is 4. The first-order valence-electron chi connectivity index (χ1n) is 3.75. The predicted octanol–water partition coefficient (Wildman–Crippen LogP) is 0.741. The number of aliphatic hydroxyl groups excluding tert-OH is 2. The van der Waals surface area contributed by atoms with Crippen LogP contribution in [0.4, 0.5) is 0 Å². The standard InChI is InChI=1S/C7H17O3P/c1-6(8)4-11(3,10)5-7(2)9/h6-9H,4-5H2,1-3H3. The minimum absolute atomic E-state index is 0.303. The van der Waals surface area contributed by atoms with Gasteiger partial charge in [-0.15, -0.1) is 0 Å². The Labute approximate surface area is 67.8 Å². The van der Waals surface area contributed by atoms with E-state index in [2.05, 4.69) is 0 Å². The number of aliphatic hydroxyl groups is 2. The molecule has 0 rings (SSSR count). The summed E-state index contributed by atoms with van der Waals surface area (Å²) < 4.78 is 11.5. The average molecular weight is 180 g/mol. The molecule has 2 N–H and O–H groups in total. The van der Waals surface area contributed by atoms with Crippen LogP contribution in [0.5, 0.6) is 0 Å². The second kappa shape index (κ2) is 4.24. The number of hydrogen-bond acceptors (Lipinski definition) is 3. The molecule has 2 unspecified atom stereocenters. The van der Waals surface area contributed by atoms with Gasteiger partial charge in [0, 0.05) is 12.3 Å². The van der Waals surface area contributed by atoms with E-state index >= 15 is 0 Å². The molecule has 3 nitrogen and oxygen atoms in total. The summed E-state index contributed by atoms with van der Waals surface area (Å²) in [5.74, 6) is 0. The minimum atomic E-state index is -2.30. The minimum Gasteiger partial charge on any atom is -0.393 e. The third-order valence-electron chi connectivity index (χ3n) is 1.30. The van der Waals surface area contributed by atoms with Crippen molar-refractivity contribution in [2.75, 3.05) is 19.0 Å². The molecule has 11 heavy (non-hydrogen) atoms. The van der Waals surface area contributed by atoms with E-state index in [9.17, 15) is 4.57 Å². The van der Waals surface area contributed by atoms with Gasteiger partial charge in [-0.05, 0) is 20.5 Å². The van der Waals surface area contributed by atoms with Crippen molar-refractivity contribution >= 4 is 7.14 Å². The summed E-state index contributed by atoms with van der Waals surface area (Å²) in [6.07, 6.45) is -0.468. The topological polar surface area (TPSA) is 57.5 Å². The van der Waals surface area contributed by atoms with E-state index < -0.39 is 19.3 Å². The van der Waals surface area contributed by atoms with Crippen LogP contribution in [0.15, 0.2) is 0 Å². The molecule has 0 radical (unpaired) electrons. The lowest BCUT2D eigenvalue weighted by molar-refractivity contribution is 0.210. The lowest BCUT2D eigenvalue weighted by atomic mass is 10.5. The zero-order valence-corrected chi connectivity index (χ0v) is 8.21. The molecular weight excluding hydrogens is 163 g/mol. The maximum atomic E-state index is 11.5. The van der Waals surface area contributed by atoms with Crippen molar-refractivity contribution in [3.8, 4) is 0 Å². The quantitative estimate of drug-likeness (QED) is 0.627. The first-order chi connectivity index (χ1) is 4.83. The fourth-order valence-electron chi connectivity index (χ4n) is 1.19. The van der Waals surface area contributed by atoms with E-state index in [1.165, 1.54) is 0 Å². The summed E-state index contributed by atoms with van der Waals surface area (Å²) >= 11 is 0. The Kier molecular flexibility index (Phi) is 4.30. The maximum Gasteiger partial charge on any atom is 0.0898 e. The van der Waals surface area contributed by atoms with Gasteiger partial charge in [0.2, 0.25) is 0 Å². The van der Waals surface area contributed by atoms with Gasteiger partial charge < -0.3 is 14.8 Å². The molecule has 0 aromatic heterocycles. The van der Waals surface area contributed by atoms with E-state index in [0.717, 1.165) is 0 Å². The van der Waals surface area contributed by atoms with Gasteiger partial charge in [0.1, 0.15) is 0 Å². The van der Waals surface area contributed by atoms with Gasteiger partial charge in [-0.2, -0.15) is 0 Å². The van der Waals surface area contributed by atoms with Crippen molar-refractivity contribution in [1.29, 1.82) is 0 Å². The van der Waals surface area contributed by atoms with E-state index in [0.29, 0.717) is 12.3 Å². The van der Waals surface area contributed by atoms with Crippen LogP contribution in [0.1, 0.15) is 13.8 Å². The van der Waals surface area contributed by atoms with Gasteiger partial charge in [0.05, 0.1) is 19.3 Å². The van der Waals surface area contributed by atoms with Crippen LogP contribution >= 0.6 is 7.14 Å². The van der Waals surface area contributed by atoms with Crippen LogP contribution in [0.2, 0.25) is 0 Å². The molecule has 4 heteroatoms. The van der Waals surface area contributed by atoms with Crippen molar-refractivity contribution in [3.63, 3.8) is 0 Å². The predicted molar refractivity (Wildman–Crippen MR) is 46.6 cm³/mol. The summed E-state index contributed by atoms with van der Waals surface area (Å²) in [6.45, 7) is 4.84. The Morgan fingerprint density at radius 2 is 1.45 bits per heavy atom. The molecular formula is C7H17O3P. The van der Waals surface area contributed by atoms with Crippen LogP contribution in [-0.4, -0.2) is 41.4 Å². The zero-order valence-electron chi connectivity index (χ0n) is 7.32. The molecule has 0 aromatic rings. The average Bonchev–Trinajstić information content (AvgIpc) is 1.53. The van der Waals surface area contributed by atoms with Gasteiger partial charge in [0.25, 0.3) is 0 Å². The molecule has 0 amide bonds. The Bertz CT molecular complexity index is 140. The summed E-state index contributed by atoms with van der Waals surface area (Å²) in [7, 11) is -2.30. The molecule has 0 saturated carbocycles. The van der Waals surface area contributed by atoms with E-state index in [-0.39, 0.29) is 0 Å². The van der Waals surface area contributed by atoms with Gasteiger partial charge in [-0.3, -0.25) is 0 Å². The van der Waals surface area contributed by atoms with Crippen molar-refractivity contribution in [2.45, 2.75) is 26.1 Å². The monoisotopic (exact) mass is 180 g/mol. The van der Waals surface area contributed by atoms with Crippen LogP contribution in [0.3, 0.4) is 0 Å². The van der Waals surface area contributed by atoms with Gasteiger partial charge in [0.15, 0.2) is 0 Å². The Balaban J connectivity index is 3.91. The maximum absolute atomic E-state index is 11.5. The molecule has 0 aromatic carbocycles. The Morgan fingerprint density at radius 1 is 1.18 bits per heavy atom. The van der Waals surface area contributed by atoms with Crippen molar-refractivity contribution in [2.24, 2.45) is 0 Å². The van der Waals surface area contributed by atoms with Crippen LogP contribution < -0.4 is 0 Å². The van der Waals surface area contributed by atoms with Gasteiger partial charge in [-0.1, -0.05) is 0 Å². The second-order valence-corrected chi connectivity index (χ2v) is 6.68. The van der Waals surface area contributed by atoms with Crippen LogP contribution in [-0.2, 0) is 4.57 Å². The first kappa shape index (κ1) is 11.2. The molecule has 0 aliphatic heterocycles. The Morgan fingerprint density at radius 3 is 1.64 bits per heavy atom. The normalized spacial score (nSPS) is 22.3. The van der Waals surface area contributed by atoms with Crippen LogP contribution in [0.25, 0.3) is 0 Å². The summed E-state index contributed by atoms with van der Waals surface area (Å²) in [6, 6.07) is 0. The molecule has 68 valence electrons. The first-order valence-corrected chi connectivity index (χ1v) is 6.27. The fraction of sp³-hybridized carbons (Fsp3) is 1.00. The zero-order chi connectivity index (χ0) is 9.07. The molecule has 0 aliphatic carbocycles. The highest BCUT2D eigenvalue weighted by Crippen LogP contribution is 2.42. The Hall–Kier alpha value is 0.150. The van der Waals surface area contributed by atoms with Crippen LogP contribution in [0, 0.1) is 0 Å².